The van der Waals surface area contributed by atoms with Gasteiger partial charge in [-0.2, -0.15) is 0 Å². The lowest BCUT2D eigenvalue weighted by atomic mass is 10.2. The number of amides is 1. The number of para-hydroxylation sites is 1. The maximum absolute atomic E-state index is 12.0. The highest BCUT2D eigenvalue weighted by molar-refractivity contribution is 9.10. The molecule has 2 N–H and O–H groups in total. The van der Waals surface area contributed by atoms with Gasteiger partial charge in [0.2, 0.25) is 11.9 Å². The molecule has 0 fully saturated rings. The fourth-order valence-electron chi connectivity index (χ4n) is 2.91. The molecule has 0 radical (unpaired) electrons. The predicted molar refractivity (Wildman–Crippen MR) is 128 cm³/mol. The molecule has 0 aliphatic carbocycles. The molecule has 3 rings (SSSR count). The number of nitrogens with one attached hydrogen (secondary N) is 2. The Balaban J connectivity index is 1.89. The van der Waals surface area contributed by atoms with E-state index in [0.717, 1.165) is 39.8 Å². The number of hydrogen-bond donors (Lipinski definition) is 2. The molecule has 2 aromatic carbocycles. The van der Waals surface area contributed by atoms with E-state index in [-0.39, 0.29) is 5.91 Å². The number of nitrogens with zero attached hydrogens (tertiary/aromatic N) is 4. The van der Waals surface area contributed by atoms with Crippen molar-refractivity contribution in [1.82, 2.24) is 14.9 Å². The van der Waals surface area contributed by atoms with Crippen LogP contribution in [0.2, 0.25) is 0 Å². The van der Waals surface area contributed by atoms with Gasteiger partial charge >= 0.3 is 0 Å². The van der Waals surface area contributed by atoms with Crippen molar-refractivity contribution in [2.75, 3.05) is 49.8 Å². The van der Waals surface area contributed by atoms with Crippen LogP contribution in [-0.2, 0) is 4.79 Å². The van der Waals surface area contributed by atoms with Crippen molar-refractivity contribution < 1.29 is 4.79 Å². The van der Waals surface area contributed by atoms with Crippen molar-refractivity contribution >= 4 is 55.8 Å². The molecule has 156 valence electrons. The first-order valence-corrected chi connectivity index (χ1v) is 10.3. The summed E-state index contributed by atoms with van der Waals surface area (Å²) in [7, 11) is 6.06. The zero-order valence-electron chi connectivity index (χ0n) is 17.3. The monoisotopic (exact) mass is 468 g/mol. The van der Waals surface area contributed by atoms with Crippen molar-refractivity contribution in [1.29, 1.82) is 0 Å². The average Bonchev–Trinajstić information content (AvgIpc) is 2.72. The Bertz CT molecular complexity index is 1070. The zero-order chi connectivity index (χ0) is 21.7. The summed E-state index contributed by atoms with van der Waals surface area (Å²) in [5.41, 5.74) is 3.20. The Morgan fingerprint density at radius 3 is 2.73 bits per heavy atom. The molecule has 0 saturated carbocycles. The first-order valence-electron chi connectivity index (χ1n) is 9.49. The van der Waals surface area contributed by atoms with Gasteiger partial charge in [0.1, 0.15) is 0 Å². The van der Waals surface area contributed by atoms with Gasteiger partial charge in [0.05, 0.1) is 16.9 Å². The van der Waals surface area contributed by atoms with E-state index in [1.807, 2.05) is 57.5 Å². The second kappa shape index (κ2) is 9.69. The third kappa shape index (κ3) is 5.34. The number of rotatable bonds is 8. The van der Waals surface area contributed by atoms with Gasteiger partial charge in [-0.25, -0.2) is 9.97 Å². The third-order valence-electron chi connectivity index (χ3n) is 4.55. The Kier molecular flexibility index (Phi) is 7.02. The first-order chi connectivity index (χ1) is 14.4. The third-order valence-corrected chi connectivity index (χ3v) is 5.19. The number of halogens is 1. The number of carbonyl (C=O) groups is 1. The van der Waals surface area contributed by atoms with E-state index in [2.05, 4.69) is 52.9 Å². The van der Waals surface area contributed by atoms with Crippen LogP contribution in [0.15, 0.2) is 59.7 Å². The Labute approximate surface area is 184 Å². The molecule has 0 aliphatic rings. The van der Waals surface area contributed by atoms with Crippen molar-refractivity contribution in [3.63, 3.8) is 0 Å². The lowest BCUT2D eigenvalue weighted by molar-refractivity contribution is -0.111. The molecule has 0 unspecified atom stereocenters. The van der Waals surface area contributed by atoms with Gasteiger partial charge in [-0.1, -0.05) is 18.7 Å². The number of fused-ring (bicyclic) bond motifs is 1. The summed E-state index contributed by atoms with van der Waals surface area (Å²) in [5.74, 6) is 0.212. The lowest BCUT2D eigenvalue weighted by Gasteiger charge is -2.24. The summed E-state index contributed by atoms with van der Waals surface area (Å²) in [4.78, 5) is 25.2. The lowest BCUT2D eigenvalue weighted by Crippen LogP contribution is -2.29. The number of likely N-dealkylation sites (N-methyl/N-ethyl adjacent to an activating group) is 2. The van der Waals surface area contributed by atoms with Gasteiger partial charge in [0.15, 0.2) is 0 Å². The molecule has 8 heteroatoms. The SMILES string of the molecule is C=CC(=O)Nc1cc(Nc2ncc3cccc(Br)c3n2)ccc1N(C)CCN(C)C. The van der Waals surface area contributed by atoms with Crippen LogP contribution in [0.1, 0.15) is 0 Å². The van der Waals surface area contributed by atoms with Crippen LogP contribution in [-0.4, -0.2) is 55.0 Å². The van der Waals surface area contributed by atoms with Crippen molar-refractivity contribution in [3.8, 4) is 0 Å². The molecule has 7 nitrogen and oxygen atoms in total. The van der Waals surface area contributed by atoms with Gasteiger partial charge in [-0.05, 0) is 60.4 Å². The quantitative estimate of drug-likeness (QED) is 0.481. The van der Waals surface area contributed by atoms with E-state index < -0.39 is 0 Å². The van der Waals surface area contributed by atoms with E-state index in [1.54, 1.807) is 6.20 Å². The molecule has 0 saturated heterocycles. The van der Waals surface area contributed by atoms with Gasteiger partial charge in [-0.15, -0.1) is 0 Å². The van der Waals surface area contributed by atoms with Crippen LogP contribution in [0.4, 0.5) is 23.0 Å². The smallest absolute Gasteiger partial charge is 0.247 e. The van der Waals surface area contributed by atoms with E-state index >= 15 is 0 Å². The minimum atomic E-state index is -0.264. The number of aromatic nitrogens is 2. The first kappa shape index (κ1) is 21.7. The number of carbonyl (C=O) groups excluding carboxylic acids is 1. The molecule has 0 spiro atoms. The van der Waals surface area contributed by atoms with Crippen LogP contribution in [0.5, 0.6) is 0 Å². The Morgan fingerprint density at radius 2 is 2.00 bits per heavy atom. The largest absolute Gasteiger partial charge is 0.372 e. The van der Waals surface area contributed by atoms with Gasteiger partial charge < -0.3 is 20.4 Å². The molecule has 0 aliphatic heterocycles. The average molecular weight is 469 g/mol. The highest BCUT2D eigenvalue weighted by Crippen LogP contribution is 2.30. The van der Waals surface area contributed by atoms with Crippen LogP contribution in [0, 0.1) is 0 Å². The summed E-state index contributed by atoms with van der Waals surface area (Å²) >= 11 is 3.53. The summed E-state index contributed by atoms with van der Waals surface area (Å²) in [6, 6.07) is 11.6. The maximum Gasteiger partial charge on any atom is 0.247 e. The van der Waals surface area contributed by atoms with E-state index in [9.17, 15) is 4.79 Å². The highest BCUT2D eigenvalue weighted by atomic mass is 79.9. The molecule has 0 atom stereocenters. The van der Waals surface area contributed by atoms with Gasteiger partial charge in [0, 0.05) is 41.9 Å². The maximum atomic E-state index is 12.0. The standard InChI is InChI=1S/C22H25BrN6O/c1-5-20(30)26-18-13-16(9-10-19(18)29(4)12-11-28(2)3)25-22-24-14-15-7-6-8-17(23)21(15)27-22/h5-10,13-14H,1,11-12H2,2-4H3,(H,26,30)(H,24,25,27). The van der Waals surface area contributed by atoms with E-state index in [4.69, 9.17) is 0 Å². The molecule has 30 heavy (non-hydrogen) atoms. The van der Waals surface area contributed by atoms with Crippen molar-refractivity contribution in [2.45, 2.75) is 0 Å². The molecular formula is C22H25BrN6O. The minimum absolute atomic E-state index is 0.264. The number of hydrogen-bond acceptors (Lipinski definition) is 6. The topological polar surface area (TPSA) is 73.4 Å². The van der Waals surface area contributed by atoms with Crippen LogP contribution < -0.4 is 15.5 Å². The second-order valence-electron chi connectivity index (χ2n) is 7.15. The fourth-order valence-corrected chi connectivity index (χ4v) is 3.38. The molecule has 1 heterocycles. The Morgan fingerprint density at radius 1 is 1.20 bits per heavy atom. The van der Waals surface area contributed by atoms with Crippen molar-refractivity contribution in [3.05, 3.63) is 59.7 Å². The fraction of sp³-hybridized carbons (Fsp3) is 0.227. The number of anilines is 4. The van der Waals surface area contributed by atoms with Crippen LogP contribution in [0.3, 0.4) is 0 Å². The second-order valence-corrected chi connectivity index (χ2v) is 8.00. The Hall–Kier alpha value is -2.97. The van der Waals surface area contributed by atoms with Crippen LogP contribution >= 0.6 is 15.9 Å². The summed E-state index contributed by atoms with van der Waals surface area (Å²) < 4.78 is 0.905. The van der Waals surface area contributed by atoms with Crippen molar-refractivity contribution in [2.24, 2.45) is 0 Å². The predicted octanol–water partition coefficient (Wildman–Crippen LogP) is 4.26. The molecule has 0 bridgehead atoms. The van der Waals surface area contributed by atoms with Gasteiger partial charge in [-0.3, -0.25) is 4.79 Å². The van der Waals surface area contributed by atoms with E-state index in [1.165, 1.54) is 6.08 Å². The summed E-state index contributed by atoms with van der Waals surface area (Å²) in [6.45, 7) is 5.26. The normalized spacial score (nSPS) is 10.8. The number of benzene rings is 2. The minimum Gasteiger partial charge on any atom is -0.372 e. The van der Waals surface area contributed by atoms with Gasteiger partial charge in [0.25, 0.3) is 0 Å². The molecule has 1 aromatic heterocycles. The molecule has 3 aromatic rings. The summed E-state index contributed by atoms with van der Waals surface area (Å²) in [6.07, 6.45) is 3.03. The summed E-state index contributed by atoms with van der Waals surface area (Å²) in [5, 5.41) is 7.07. The highest BCUT2D eigenvalue weighted by Gasteiger charge is 2.12. The molecular weight excluding hydrogens is 444 g/mol. The van der Waals surface area contributed by atoms with E-state index in [0.29, 0.717) is 11.6 Å². The zero-order valence-corrected chi connectivity index (χ0v) is 18.9. The van der Waals surface area contributed by atoms with Crippen LogP contribution in [0.25, 0.3) is 10.9 Å². The molecule has 1 amide bonds.